The maximum atomic E-state index is 13.1. The largest absolute Gasteiger partial charge is 0.494 e. The van der Waals surface area contributed by atoms with Crippen LogP contribution >= 0.6 is 11.6 Å². The zero-order valence-corrected chi connectivity index (χ0v) is 13.0. The Kier molecular flexibility index (Phi) is 5.54. The first-order chi connectivity index (χ1) is 11.0. The number of carbonyl (C=O) groups is 2. The smallest absolute Gasteiger partial charge is 0.251 e. The van der Waals surface area contributed by atoms with Gasteiger partial charge in [0.2, 0.25) is 5.91 Å². The van der Waals surface area contributed by atoms with E-state index in [2.05, 4.69) is 10.6 Å². The molecule has 0 aliphatic rings. The Hall–Kier alpha value is -2.60. The third-order valence-electron chi connectivity index (χ3n) is 2.93. The molecule has 2 aromatic carbocycles. The van der Waals surface area contributed by atoms with E-state index in [1.165, 1.54) is 25.3 Å². The fourth-order valence-corrected chi connectivity index (χ4v) is 2.05. The minimum atomic E-state index is -0.478. The molecule has 7 heteroatoms. The molecule has 0 fully saturated rings. The summed E-state index contributed by atoms with van der Waals surface area (Å²) in [7, 11) is 1.37. The number of halogens is 2. The van der Waals surface area contributed by atoms with Crippen LogP contribution in [0.25, 0.3) is 0 Å². The van der Waals surface area contributed by atoms with Crippen molar-refractivity contribution in [2.24, 2.45) is 0 Å². The molecular weight excluding hydrogens is 323 g/mol. The first-order valence-corrected chi connectivity index (χ1v) is 7.04. The average Bonchev–Trinajstić information content (AvgIpc) is 2.54. The third-order valence-corrected chi connectivity index (χ3v) is 3.17. The lowest BCUT2D eigenvalue weighted by molar-refractivity contribution is -0.115. The van der Waals surface area contributed by atoms with Crippen LogP contribution in [-0.4, -0.2) is 25.5 Å². The van der Waals surface area contributed by atoms with E-state index < -0.39 is 17.6 Å². The number of benzene rings is 2. The van der Waals surface area contributed by atoms with Gasteiger partial charge in [-0.2, -0.15) is 0 Å². The molecule has 2 N–H and O–H groups in total. The predicted molar refractivity (Wildman–Crippen MR) is 85.4 cm³/mol. The van der Waals surface area contributed by atoms with E-state index in [1.807, 2.05) is 0 Å². The van der Waals surface area contributed by atoms with Crippen LogP contribution < -0.4 is 15.4 Å². The summed E-state index contributed by atoms with van der Waals surface area (Å²) in [6.07, 6.45) is 0. The molecule has 120 valence electrons. The van der Waals surface area contributed by atoms with Crippen molar-refractivity contribution >= 4 is 29.1 Å². The minimum Gasteiger partial charge on any atom is -0.494 e. The van der Waals surface area contributed by atoms with Crippen LogP contribution in [0.5, 0.6) is 5.75 Å². The van der Waals surface area contributed by atoms with Gasteiger partial charge in [0, 0.05) is 16.7 Å². The second kappa shape index (κ2) is 7.60. The predicted octanol–water partition coefficient (Wildman–Crippen LogP) is 2.86. The SMILES string of the molecule is COc1cc(F)ccc1NC(=O)CNC(=O)c1cccc(Cl)c1. The van der Waals surface area contributed by atoms with Crippen LogP contribution in [0.1, 0.15) is 10.4 Å². The van der Waals surface area contributed by atoms with Crippen LogP contribution in [0.2, 0.25) is 5.02 Å². The van der Waals surface area contributed by atoms with Gasteiger partial charge >= 0.3 is 0 Å². The second-order valence-corrected chi connectivity index (χ2v) is 5.02. The number of rotatable bonds is 5. The number of hydrogen-bond donors (Lipinski definition) is 2. The van der Waals surface area contributed by atoms with Crippen molar-refractivity contribution in [3.8, 4) is 5.75 Å². The molecular formula is C16H14ClFN2O3. The molecule has 0 saturated carbocycles. The van der Waals surface area contributed by atoms with Gasteiger partial charge in [0.05, 0.1) is 19.3 Å². The van der Waals surface area contributed by atoms with Crippen molar-refractivity contribution in [1.82, 2.24) is 5.32 Å². The lowest BCUT2D eigenvalue weighted by Gasteiger charge is -2.11. The molecule has 0 unspecified atom stereocenters. The van der Waals surface area contributed by atoms with Gasteiger partial charge in [-0.05, 0) is 30.3 Å². The zero-order valence-electron chi connectivity index (χ0n) is 12.2. The molecule has 0 saturated heterocycles. The molecule has 2 aromatic rings. The van der Waals surface area contributed by atoms with Crippen LogP contribution in [0.4, 0.5) is 10.1 Å². The maximum Gasteiger partial charge on any atom is 0.251 e. The first kappa shape index (κ1) is 16.8. The highest BCUT2D eigenvalue weighted by atomic mass is 35.5. The average molecular weight is 337 g/mol. The molecule has 0 bridgehead atoms. The fraction of sp³-hybridized carbons (Fsp3) is 0.125. The number of hydrogen-bond acceptors (Lipinski definition) is 3. The van der Waals surface area contributed by atoms with Gasteiger partial charge in [0.1, 0.15) is 11.6 Å². The van der Waals surface area contributed by atoms with Crippen molar-refractivity contribution in [2.45, 2.75) is 0 Å². The highest BCUT2D eigenvalue weighted by Gasteiger charge is 2.11. The lowest BCUT2D eigenvalue weighted by atomic mass is 10.2. The molecule has 0 aliphatic carbocycles. The third kappa shape index (κ3) is 4.69. The van der Waals surface area contributed by atoms with Gasteiger partial charge in [0.25, 0.3) is 5.91 Å². The van der Waals surface area contributed by atoms with Crippen molar-refractivity contribution in [2.75, 3.05) is 19.0 Å². The normalized spacial score (nSPS) is 10.0. The van der Waals surface area contributed by atoms with E-state index >= 15 is 0 Å². The van der Waals surface area contributed by atoms with Crippen LogP contribution in [0.15, 0.2) is 42.5 Å². The Morgan fingerprint density at radius 3 is 2.70 bits per heavy atom. The molecule has 0 spiro atoms. The highest BCUT2D eigenvalue weighted by Crippen LogP contribution is 2.24. The van der Waals surface area contributed by atoms with Gasteiger partial charge in [-0.25, -0.2) is 4.39 Å². The summed E-state index contributed by atoms with van der Waals surface area (Å²) in [6, 6.07) is 10.1. The Bertz CT molecular complexity index is 737. The quantitative estimate of drug-likeness (QED) is 0.882. The van der Waals surface area contributed by atoms with Crippen molar-refractivity contribution < 1.29 is 18.7 Å². The van der Waals surface area contributed by atoms with E-state index in [9.17, 15) is 14.0 Å². The molecule has 2 amide bonds. The first-order valence-electron chi connectivity index (χ1n) is 6.67. The Labute approximate surface area is 137 Å². The molecule has 23 heavy (non-hydrogen) atoms. The summed E-state index contributed by atoms with van der Waals surface area (Å²) in [6.45, 7) is -0.244. The van der Waals surface area contributed by atoms with Crippen molar-refractivity contribution in [3.05, 3.63) is 58.9 Å². The molecule has 2 rings (SSSR count). The fourth-order valence-electron chi connectivity index (χ4n) is 1.86. The summed E-state index contributed by atoms with van der Waals surface area (Å²) < 4.78 is 18.1. The molecule has 5 nitrogen and oxygen atoms in total. The van der Waals surface area contributed by atoms with E-state index in [-0.39, 0.29) is 12.3 Å². The van der Waals surface area contributed by atoms with Crippen LogP contribution in [-0.2, 0) is 4.79 Å². The highest BCUT2D eigenvalue weighted by molar-refractivity contribution is 6.31. The zero-order chi connectivity index (χ0) is 16.8. The number of amides is 2. The van der Waals surface area contributed by atoms with Gasteiger partial charge < -0.3 is 15.4 Å². The number of anilines is 1. The van der Waals surface area contributed by atoms with E-state index in [0.717, 1.165) is 6.07 Å². The molecule has 0 radical (unpaired) electrons. The van der Waals surface area contributed by atoms with Crippen molar-refractivity contribution in [3.63, 3.8) is 0 Å². The lowest BCUT2D eigenvalue weighted by Crippen LogP contribution is -2.32. The summed E-state index contributed by atoms with van der Waals surface area (Å²) >= 11 is 5.80. The number of ether oxygens (including phenoxy) is 1. The summed E-state index contributed by atoms with van der Waals surface area (Å²) in [5.74, 6) is -1.17. The summed E-state index contributed by atoms with van der Waals surface area (Å²) in [4.78, 5) is 23.8. The van der Waals surface area contributed by atoms with E-state index in [1.54, 1.807) is 18.2 Å². The summed E-state index contributed by atoms with van der Waals surface area (Å²) in [5, 5.41) is 5.43. The van der Waals surface area contributed by atoms with E-state index in [0.29, 0.717) is 16.3 Å². The standard InChI is InChI=1S/C16H14ClFN2O3/c1-23-14-8-12(18)5-6-13(14)20-15(21)9-19-16(22)10-3-2-4-11(17)7-10/h2-8H,9H2,1H3,(H,19,22)(H,20,21). The number of nitrogens with one attached hydrogen (secondary N) is 2. The molecule has 0 aliphatic heterocycles. The summed E-state index contributed by atoms with van der Waals surface area (Å²) in [5.41, 5.74) is 0.667. The topological polar surface area (TPSA) is 67.4 Å². The minimum absolute atomic E-state index is 0.194. The number of methoxy groups -OCH3 is 1. The van der Waals surface area contributed by atoms with Crippen LogP contribution in [0, 0.1) is 5.82 Å². The monoisotopic (exact) mass is 336 g/mol. The molecule has 0 aromatic heterocycles. The van der Waals surface area contributed by atoms with Gasteiger partial charge in [-0.15, -0.1) is 0 Å². The Morgan fingerprint density at radius 2 is 2.00 bits per heavy atom. The Morgan fingerprint density at radius 1 is 1.22 bits per heavy atom. The van der Waals surface area contributed by atoms with Crippen molar-refractivity contribution in [1.29, 1.82) is 0 Å². The van der Waals surface area contributed by atoms with Crippen LogP contribution in [0.3, 0.4) is 0 Å². The Balaban J connectivity index is 1.94. The maximum absolute atomic E-state index is 13.1. The van der Waals surface area contributed by atoms with Gasteiger partial charge in [0.15, 0.2) is 0 Å². The second-order valence-electron chi connectivity index (χ2n) is 4.59. The molecule has 0 heterocycles. The van der Waals surface area contributed by atoms with Gasteiger partial charge in [-0.1, -0.05) is 17.7 Å². The molecule has 0 atom stereocenters. The number of carbonyl (C=O) groups excluding carboxylic acids is 2. The van der Waals surface area contributed by atoms with Gasteiger partial charge in [-0.3, -0.25) is 9.59 Å². The van der Waals surface area contributed by atoms with E-state index in [4.69, 9.17) is 16.3 Å².